The van der Waals surface area contributed by atoms with Crippen LogP contribution in [0.2, 0.25) is 10.0 Å². The summed E-state index contributed by atoms with van der Waals surface area (Å²) in [6, 6.07) is 13.0. The monoisotopic (exact) mass is 386 g/mol. The maximum atomic E-state index is 12.3. The molecule has 0 bridgehead atoms. The molecule has 2 aromatic rings. The maximum Gasteiger partial charge on any atom is 0.242 e. The van der Waals surface area contributed by atoms with E-state index in [4.69, 9.17) is 23.2 Å². The zero-order valence-corrected chi connectivity index (χ0v) is 15.2. The van der Waals surface area contributed by atoms with Crippen LogP contribution in [0.1, 0.15) is 6.92 Å². The molecule has 0 aliphatic rings. The summed E-state index contributed by atoms with van der Waals surface area (Å²) >= 11 is 11.6. The van der Waals surface area contributed by atoms with Crippen LogP contribution in [0.25, 0.3) is 0 Å². The zero-order valence-electron chi connectivity index (χ0n) is 12.9. The van der Waals surface area contributed by atoms with Crippen molar-refractivity contribution in [2.45, 2.75) is 11.8 Å². The highest BCUT2D eigenvalue weighted by Crippen LogP contribution is 2.24. The van der Waals surface area contributed by atoms with E-state index in [1.165, 1.54) is 23.1 Å². The van der Waals surface area contributed by atoms with E-state index in [0.717, 1.165) is 0 Å². The SMILES string of the molecule is CCN(C(=O)CNS(=O)(=O)c1ccc(Cl)c(Cl)c1)c1ccccc1. The van der Waals surface area contributed by atoms with Gasteiger partial charge in [-0.3, -0.25) is 4.79 Å². The van der Waals surface area contributed by atoms with Gasteiger partial charge < -0.3 is 4.90 Å². The summed E-state index contributed by atoms with van der Waals surface area (Å²) < 4.78 is 26.8. The Morgan fingerprint density at radius 2 is 1.75 bits per heavy atom. The van der Waals surface area contributed by atoms with Gasteiger partial charge in [-0.15, -0.1) is 0 Å². The number of hydrogen-bond donors (Lipinski definition) is 1. The fraction of sp³-hybridized carbons (Fsp3) is 0.188. The molecule has 1 amide bonds. The topological polar surface area (TPSA) is 66.5 Å². The predicted molar refractivity (Wildman–Crippen MR) is 96.1 cm³/mol. The lowest BCUT2D eigenvalue weighted by molar-refractivity contribution is -0.117. The van der Waals surface area contributed by atoms with Crippen molar-refractivity contribution in [3.8, 4) is 0 Å². The number of amides is 1. The van der Waals surface area contributed by atoms with Crippen molar-refractivity contribution in [1.29, 1.82) is 0 Å². The first-order valence-corrected chi connectivity index (χ1v) is 9.39. The van der Waals surface area contributed by atoms with Crippen LogP contribution < -0.4 is 9.62 Å². The third-order valence-corrected chi connectivity index (χ3v) is 5.44. The van der Waals surface area contributed by atoms with E-state index in [1.807, 2.05) is 25.1 Å². The quantitative estimate of drug-likeness (QED) is 0.827. The highest BCUT2D eigenvalue weighted by molar-refractivity contribution is 7.89. The van der Waals surface area contributed by atoms with Crippen molar-refractivity contribution in [2.24, 2.45) is 0 Å². The van der Waals surface area contributed by atoms with E-state index >= 15 is 0 Å². The number of rotatable bonds is 6. The number of sulfonamides is 1. The predicted octanol–water partition coefficient (Wildman–Crippen LogP) is 3.32. The number of benzene rings is 2. The summed E-state index contributed by atoms with van der Waals surface area (Å²) in [5.41, 5.74) is 0.707. The molecule has 0 spiro atoms. The minimum atomic E-state index is -3.86. The van der Waals surface area contributed by atoms with Crippen LogP contribution in [0.3, 0.4) is 0 Å². The molecule has 0 radical (unpaired) electrons. The van der Waals surface area contributed by atoms with E-state index in [0.29, 0.717) is 12.2 Å². The Hall–Kier alpha value is -1.60. The lowest BCUT2D eigenvalue weighted by Crippen LogP contribution is -2.40. The molecule has 8 heteroatoms. The molecule has 128 valence electrons. The minimum Gasteiger partial charge on any atom is -0.312 e. The van der Waals surface area contributed by atoms with E-state index in [1.54, 1.807) is 12.1 Å². The van der Waals surface area contributed by atoms with Crippen molar-refractivity contribution in [3.05, 3.63) is 58.6 Å². The van der Waals surface area contributed by atoms with Crippen molar-refractivity contribution in [3.63, 3.8) is 0 Å². The molecule has 1 N–H and O–H groups in total. The lowest BCUT2D eigenvalue weighted by atomic mass is 10.3. The zero-order chi connectivity index (χ0) is 17.7. The van der Waals surface area contributed by atoms with E-state index in [2.05, 4.69) is 4.72 Å². The molecule has 0 aliphatic heterocycles. The molecule has 0 heterocycles. The molecule has 0 fully saturated rings. The summed E-state index contributed by atoms with van der Waals surface area (Å²) in [5.74, 6) is -0.354. The van der Waals surface area contributed by atoms with Gasteiger partial charge in [-0.2, -0.15) is 0 Å². The van der Waals surface area contributed by atoms with Crippen molar-refractivity contribution in [2.75, 3.05) is 18.0 Å². The molecule has 2 rings (SSSR count). The van der Waals surface area contributed by atoms with Gasteiger partial charge in [0, 0.05) is 12.2 Å². The van der Waals surface area contributed by atoms with E-state index in [9.17, 15) is 13.2 Å². The van der Waals surface area contributed by atoms with Crippen LogP contribution in [0.5, 0.6) is 0 Å². The number of carbonyl (C=O) groups excluding carboxylic acids is 1. The molecular weight excluding hydrogens is 371 g/mol. The Balaban J connectivity index is 2.10. The number of anilines is 1. The van der Waals surface area contributed by atoms with Crippen LogP contribution >= 0.6 is 23.2 Å². The number of likely N-dealkylation sites (N-methyl/N-ethyl adjacent to an activating group) is 1. The van der Waals surface area contributed by atoms with Gasteiger partial charge in [0.15, 0.2) is 0 Å². The molecule has 5 nitrogen and oxygen atoms in total. The fourth-order valence-corrected chi connectivity index (χ4v) is 3.45. The third kappa shape index (κ3) is 4.48. The molecule has 24 heavy (non-hydrogen) atoms. The average molecular weight is 387 g/mol. The van der Waals surface area contributed by atoms with Crippen molar-refractivity contribution in [1.82, 2.24) is 4.72 Å². The van der Waals surface area contributed by atoms with Crippen molar-refractivity contribution < 1.29 is 13.2 Å². The van der Waals surface area contributed by atoms with Gasteiger partial charge in [-0.05, 0) is 37.3 Å². The molecule has 0 atom stereocenters. The number of para-hydroxylation sites is 1. The van der Waals surface area contributed by atoms with Gasteiger partial charge in [-0.25, -0.2) is 13.1 Å². The smallest absolute Gasteiger partial charge is 0.242 e. The third-order valence-electron chi connectivity index (χ3n) is 3.30. The largest absolute Gasteiger partial charge is 0.312 e. The number of carbonyl (C=O) groups is 1. The molecule has 0 saturated carbocycles. The maximum absolute atomic E-state index is 12.3. The first-order chi connectivity index (χ1) is 11.3. The number of nitrogens with zero attached hydrogens (tertiary/aromatic N) is 1. The first-order valence-electron chi connectivity index (χ1n) is 7.15. The van der Waals surface area contributed by atoms with E-state index in [-0.39, 0.29) is 27.4 Å². The molecule has 0 saturated heterocycles. The van der Waals surface area contributed by atoms with Gasteiger partial charge >= 0.3 is 0 Å². The standard InChI is InChI=1S/C16H16Cl2N2O3S/c1-2-20(12-6-4-3-5-7-12)16(21)11-19-24(22,23)13-8-9-14(17)15(18)10-13/h3-10,19H,2,11H2,1H3. The summed E-state index contributed by atoms with van der Waals surface area (Å²) in [5, 5.41) is 0.387. The normalized spacial score (nSPS) is 11.3. The second-order valence-corrected chi connectivity index (χ2v) is 7.46. The number of hydrogen-bond acceptors (Lipinski definition) is 3. The summed E-state index contributed by atoms with van der Waals surface area (Å²) in [6.45, 7) is 1.89. The first kappa shape index (κ1) is 18.7. The van der Waals surface area contributed by atoms with E-state index < -0.39 is 10.0 Å². The Morgan fingerprint density at radius 1 is 1.08 bits per heavy atom. The summed E-state index contributed by atoms with van der Waals surface area (Å²) in [4.78, 5) is 13.8. The molecular formula is C16H16Cl2N2O3S. The van der Waals surface area contributed by atoms with Gasteiger partial charge in [-0.1, -0.05) is 41.4 Å². The minimum absolute atomic E-state index is 0.0486. The van der Waals surface area contributed by atoms with Crippen LogP contribution in [-0.4, -0.2) is 27.4 Å². The molecule has 2 aromatic carbocycles. The second kappa shape index (κ2) is 7.98. The Labute approximate surface area is 151 Å². The Morgan fingerprint density at radius 3 is 2.33 bits per heavy atom. The Kier molecular flexibility index (Phi) is 6.23. The van der Waals surface area contributed by atoms with Gasteiger partial charge in [0.2, 0.25) is 15.9 Å². The van der Waals surface area contributed by atoms with Crippen LogP contribution in [0.4, 0.5) is 5.69 Å². The van der Waals surface area contributed by atoms with Crippen LogP contribution in [-0.2, 0) is 14.8 Å². The van der Waals surface area contributed by atoms with Gasteiger partial charge in [0.1, 0.15) is 0 Å². The summed E-state index contributed by atoms with van der Waals surface area (Å²) in [6.07, 6.45) is 0. The fourth-order valence-electron chi connectivity index (χ4n) is 2.09. The molecule has 0 aliphatic carbocycles. The Bertz CT molecular complexity index is 826. The highest BCUT2D eigenvalue weighted by atomic mass is 35.5. The number of halogens is 2. The molecule has 0 aromatic heterocycles. The second-order valence-electron chi connectivity index (χ2n) is 4.87. The average Bonchev–Trinajstić information content (AvgIpc) is 2.57. The summed E-state index contributed by atoms with van der Waals surface area (Å²) in [7, 11) is -3.86. The van der Waals surface area contributed by atoms with Gasteiger partial charge in [0.05, 0.1) is 21.5 Å². The number of nitrogens with one attached hydrogen (secondary N) is 1. The lowest BCUT2D eigenvalue weighted by Gasteiger charge is -2.21. The van der Waals surface area contributed by atoms with Crippen molar-refractivity contribution >= 4 is 44.8 Å². The highest BCUT2D eigenvalue weighted by Gasteiger charge is 2.19. The van der Waals surface area contributed by atoms with Crippen LogP contribution in [0.15, 0.2) is 53.4 Å². The van der Waals surface area contributed by atoms with Gasteiger partial charge in [0.25, 0.3) is 0 Å². The van der Waals surface area contributed by atoms with Crippen LogP contribution in [0, 0.1) is 0 Å². The molecule has 0 unspecified atom stereocenters.